The molecular weight excluding hydrogens is 230 g/mol. The number of hydrogen-bond acceptors (Lipinski definition) is 4. The minimum Gasteiger partial charge on any atom is -0.399 e. The number of H-pyrrole nitrogens is 1. The van der Waals surface area contributed by atoms with E-state index in [1.54, 1.807) is 24.3 Å². The van der Waals surface area contributed by atoms with Gasteiger partial charge in [-0.3, -0.25) is 9.89 Å². The average molecular weight is 245 g/mol. The monoisotopic (exact) mass is 245 g/mol. The summed E-state index contributed by atoms with van der Waals surface area (Å²) >= 11 is 0. The molecule has 1 aromatic heterocycles. The van der Waals surface area contributed by atoms with Gasteiger partial charge in [-0.25, -0.2) is 4.98 Å². The van der Waals surface area contributed by atoms with Crippen LogP contribution in [-0.4, -0.2) is 27.6 Å². The lowest BCUT2D eigenvalue weighted by Crippen LogP contribution is -2.24. The predicted octanol–water partition coefficient (Wildman–Crippen LogP) is 0.749. The van der Waals surface area contributed by atoms with E-state index in [0.717, 1.165) is 18.7 Å². The molecular formula is C12H15N5O. The van der Waals surface area contributed by atoms with Crippen LogP contribution in [0.25, 0.3) is 0 Å². The van der Waals surface area contributed by atoms with Crippen molar-refractivity contribution in [1.82, 2.24) is 20.5 Å². The van der Waals surface area contributed by atoms with Crippen LogP contribution >= 0.6 is 0 Å². The summed E-state index contributed by atoms with van der Waals surface area (Å²) in [6, 6.07) is 6.84. The Morgan fingerprint density at radius 1 is 1.33 bits per heavy atom. The molecule has 1 amide bonds. The van der Waals surface area contributed by atoms with E-state index < -0.39 is 0 Å². The van der Waals surface area contributed by atoms with Gasteiger partial charge in [-0.1, -0.05) is 0 Å². The minimum atomic E-state index is -0.0902. The van der Waals surface area contributed by atoms with E-state index in [4.69, 9.17) is 5.73 Å². The summed E-state index contributed by atoms with van der Waals surface area (Å²) in [5.74, 6) is 0.740. The average Bonchev–Trinajstić information content (AvgIpc) is 2.88. The highest BCUT2D eigenvalue weighted by molar-refractivity contribution is 5.94. The summed E-state index contributed by atoms with van der Waals surface area (Å²) in [7, 11) is 0. The SMILES string of the molecule is Nc1ccc(C(=O)NCCCc2ncn[nH]2)cc1. The van der Waals surface area contributed by atoms with Crippen LogP contribution in [0.2, 0.25) is 0 Å². The van der Waals surface area contributed by atoms with Gasteiger partial charge >= 0.3 is 0 Å². The molecule has 0 saturated heterocycles. The van der Waals surface area contributed by atoms with E-state index in [-0.39, 0.29) is 5.91 Å². The van der Waals surface area contributed by atoms with Gasteiger partial charge in [0, 0.05) is 24.2 Å². The Balaban J connectivity index is 1.73. The number of nitrogens with two attached hydrogens (primary N) is 1. The Morgan fingerprint density at radius 3 is 2.78 bits per heavy atom. The molecule has 0 atom stereocenters. The van der Waals surface area contributed by atoms with Crippen LogP contribution in [-0.2, 0) is 6.42 Å². The molecule has 18 heavy (non-hydrogen) atoms. The fourth-order valence-corrected chi connectivity index (χ4v) is 1.55. The fraction of sp³-hybridized carbons (Fsp3) is 0.250. The second-order valence-electron chi connectivity index (χ2n) is 3.91. The topological polar surface area (TPSA) is 96.7 Å². The number of aromatic nitrogens is 3. The third-order valence-electron chi connectivity index (χ3n) is 2.51. The zero-order valence-corrected chi connectivity index (χ0v) is 9.89. The molecule has 6 heteroatoms. The van der Waals surface area contributed by atoms with Gasteiger partial charge in [-0.15, -0.1) is 0 Å². The van der Waals surface area contributed by atoms with Crippen molar-refractivity contribution in [3.05, 3.63) is 42.0 Å². The predicted molar refractivity (Wildman–Crippen MR) is 67.9 cm³/mol. The van der Waals surface area contributed by atoms with Gasteiger partial charge in [0.2, 0.25) is 0 Å². The number of carbonyl (C=O) groups excluding carboxylic acids is 1. The third kappa shape index (κ3) is 3.31. The molecule has 4 N–H and O–H groups in total. The van der Waals surface area contributed by atoms with E-state index in [2.05, 4.69) is 20.5 Å². The fourth-order valence-electron chi connectivity index (χ4n) is 1.55. The molecule has 0 aliphatic rings. The Morgan fingerprint density at radius 2 is 2.11 bits per heavy atom. The van der Waals surface area contributed by atoms with Crippen molar-refractivity contribution >= 4 is 11.6 Å². The highest BCUT2D eigenvalue weighted by Crippen LogP contribution is 2.05. The number of carbonyl (C=O) groups is 1. The van der Waals surface area contributed by atoms with E-state index in [0.29, 0.717) is 17.8 Å². The number of aryl methyl sites for hydroxylation is 1. The lowest BCUT2D eigenvalue weighted by atomic mass is 10.2. The van der Waals surface area contributed by atoms with Crippen molar-refractivity contribution in [2.45, 2.75) is 12.8 Å². The number of amides is 1. The van der Waals surface area contributed by atoms with Crippen LogP contribution < -0.4 is 11.1 Å². The van der Waals surface area contributed by atoms with Gasteiger partial charge in [-0.2, -0.15) is 5.10 Å². The first-order valence-corrected chi connectivity index (χ1v) is 5.73. The molecule has 6 nitrogen and oxygen atoms in total. The molecule has 1 heterocycles. The second kappa shape index (κ2) is 5.81. The summed E-state index contributed by atoms with van der Waals surface area (Å²) in [6.07, 6.45) is 3.06. The van der Waals surface area contributed by atoms with Gasteiger partial charge in [-0.05, 0) is 30.7 Å². The summed E-state index contributed by atoms with van der Waals surface area (Å²) in [6.45, 7) is 0.601. The molecule has 0 radical (unpaired) electrons. The zero-order chi connectivity index (χ0) is 12.8. The summed E-state index contributed by atoms with van der Waals surface area (Å²) in [4.78, 5) is 15.7. The molecule has 94 valence electrons. The summed E-state index contributed by atoms with van der Waals surface area (Å²) < 4.78 is 0. The first-order chi connectivity index (χ1) is 8.75. The van der Waals surface area contributed by atoms with Crippen molar-refractivity contribution in [2.75, 3.05) is 12.3 Å². The Hall–Kier alpha value is -2.37. The van der Waals surface area contributed by atoms with Crippen LogP contribution in [0.4, 0.5) is 5.69 Å². The van der Waals surface area contributed by atoms with Crippen LogP contribution in [0.5, 0.6) is 0 Å². The van der Waals surface area contributed by atoms with Gasteiger partial charge in [0.25, 0.3) is 5.91 Å². The molecule has 0 aliphatic carbocycles. The van der Waals surface area contributed by atoms with Crippen molar-refractivity contribution in [2.24, 2.45) is 0 Å². The second-order valence-corrected chi connectivity index (χ2v) is 3.91. The van der Waals surface area contributed by atoms with Crippen molar-refractivity contribution in [1.29, 1.82) is 0 Å². The number of aromatic amines is 1. The first kappa shape index (κ1) is 12.1. The number of nitrogens with zero attached hydrogens (tertiary/aromatic N) is 2. The number of rotatable bonds is 5. The van der Waals surface area contributed by atoms with Crippen LogP contribution in [0.1, 0.15) is 22.6 Å². The molecule has 0 aliphatic heterocycles. The third-order valence-corrected chi connectivity index (χ3v) is 2.51. The Bertz CT molecular complexity index is 492. The molecule has 2 aromatic rings. The van der Waals surface area contributed by atoms with Gasteiger partial charge in [0.15, 0.2) is 0 Å². The molecule has 0 unspecified atom stereocenters. The standard InChI is InChI=1S/C12H15N5O/c13-10-5-3-9(4-6-10)12(18)14-7-1-2-11-15-8-16-17-11/h3-6,8H,1-2,7,13H2,(H,14,18)(H,15,16,17). The van der Waals surface area contributed by atoms with Crippen LogP contribution in [0.3, 0.4) is 0 Å². The summed E-state index contributed by atoms with van der Waals surface area (Å²) in [5.41, 5.74) is 6.82. The van der Waals surface area contributed by atoms with Crippen molar-refractivity contribution in [3.8, 4) is 0 Å². The zero-order valence-electron chi connectivity index (χ0n) is 9.89. The normalized spacial score (nSPS) is 10.2. The quantitative estimate of drug-likeness (QED) is 0.535. The number of anilines is 1. The molecule has 1 aromatic carbocycles. The maximum absolute atomic E-state index is 11.7. The molecule has 0 spiro atoms. The highest BCUT2D eigenvalue weighted by atomic mass is 16.1. The molecule has 2 rings (SSSR count). The van der Waals surface area contributed by atoms with Crippen molar-refractivity contribution < 1.29 is 4.79 Å². The molecule has 0 saturated carbocycles. The minimum absolute atomic E-state index is 0.0902. The maximum Gasteiger partial charge on any atom is 0.251 e. The lowest BCUT2D eigenvalue weighted by Gasteiger charge is -2.04. The van der Waals surface area contributed by atoms with Crippen molar-refractivity contribution in [3.63, 3.8) is 0 Å². The number of nitrogen functional groups attached to an aromatic ring is 1. The molecule has 0 fully saturated rings. The number of hydrogen-bond donors (Lipinski definition) is 3. The van der Waals surface area contributed by atoms with Gasteiger partial charge in [0.1, 0.15) is 12.2 Å². The Labute approximate surface area is 105 Å². The van der Waals surface area contributed by atoms with Gasteiger partial charge in [0.05, 0.1) is 0 Å². The van der Waals surface area contributed by atoms with Crippen LogP contribution in [0.15, 0.2) is 30.6 Å². The maximum atomic E-state index is 11.7. The Kier molecular flexibility index (Phi) is 3.90. The number of benzene rings is 1. The van der Waals surface area contributed by atoms with Crippen LogP contribution in [0, 0.1) is 0 Å². The highest BCUT2D eigenvalue weighted by Gasteiger charge is 2.04. The largest absolute Gasteiger partial charge is 0.399 e. The van der Waals surface area contributed by atoms with E-state index in [1.165, 1.54) is 6.33 Å². The van der Waals surface area contributed by atoms with Gasteiger partial charge < -0.3 is 11.1 Å². The smallest absolute Gasteiger partial charge is 0.251 e. The molecule has 0 bridgehead atoms. The number of nitrogens with one attached hydrogen (secondary N) is 2. The van der Waals surface area contributed by atoms with E-state index in [1.807, 2.05) is 0 Å². The van der Waals surface area contributed by atoms with E-state index >= 15 is 0 Å². The lowest BCUT2D eigenvalue weighted by molar-refractivity contribution is 0.0953. The first-order valence-electron chi connectivity index (χ1n) is 5.73. The van der Waals surface area contributed by atoms with E-state index in [9.17, 15) is 4.79 Å². The summed E-state index contributed by atoms with van der Waals surface area (Å²) in [5, 5.41) is 9.37.